The number of nitrogens with zero attached hydrogens (tertiary/aromatic N) is 3. The Morgan fingerprint density at radius 2 is 2.23 bits per heavy atom. The standard InChI is InChI=1S/C16H20N4O2/c21-16(12-7-6-11-13(18-12)10-17-19-11)20-8-3-4-14(20)15-5-1-2-9-22-15/h6-7,10,14-15H,1-5,8-9H2,(H,17,19). The molecule has 1 amide bonds. The van der Waals surface area contributed by atoms with Crippen LogP contribution in [0.1, 0.15) is 42.6 Å². The Kier molecular flexibility index (Phi) is 3.54. The topological polar surface area (TPSA) is 71.1 Å². The second-order valence-electron chi connectivity index (χ2n) is 6.11. The SMILES string of the molecule is O=C(c1ccc2[nH]ncc2n1)N1CCCC1C1CCCCO1. The number of aromatic amines is 1. The van der Waals surface area contributed by atoms with Crippen molar-refractivity contribution in [1.29, 1.82) is 0 Å². The predicted octanol–water partition coefficient (Wildman–Crippen LogP) is 2.13. The largest absolute Gasteiger partial charge is 0.376 e. The van der Waals surface area contributed by atoms with E-state index in [1.165, 1.54) is 6.42 Å². The Hall–Kier alpha value is -1.95. The number of H-pyrrole nitrogens is 1. The van der Waals surface area contributed by atoms with Gasteiger partial charge in [-0.3, -0.25) is 9.89 Å². The summed E-state index contributed by atoms with van der Waals surface area (Å²) >= 11 is 0. The Bertz CT molecular complexity index is 678. The second-order valence-corrected chi connectivity index (χ2v) is 6.11. The Morgan fingerprint density at radius 1 is 1.27 bits per heavy atom. The first-order valence-electron chi connectivity index (χ1n) is 8.05. The second kappa shape index (κ2) is 5.68. The number of hydrogen-bond acceptors (Lipinski definition) is 4. The van der Waals surface area contributed by atoms with Gasteiger partial charge in [-0.05, 0) is 44.2 Å². The normalized spacial score (nSPS) is 25.7. The van der Waals surface area contributed by atoms with E-state index in [2.05, 4.69) is 15.2 Å². The van der Waals surface area contributed by atoms with Gasteiger partial charge in [0.25, 0.3) is 5.91 Å². The predicted molar refractivity (Wildman–Crippen MR) is 81.5 cm³/mol. The van der Waals surface area contributed by atoms with E-state index < -0.39 is 0 Å². The molecule has 6 heteroatoms. The summed E-state index contributed by atoms with van der Waals surface area (Å²) < 4.78 is 5.91. The van der Waals surface area contributed by atoms with Crippen LogP contribution in [0.25, 0.3) is 11.0 Å². The first kappa shape index (κ1) is 13.7. The zero-order valence-corrected chi connectivity index (χ0v) is 12.5. The van der Waals surface area contributed by atoms with Crippen molar-refractivity contribution in [3.63, 3.8) is 0 Å². The van der Waals surface area contributed by atoms with Crippen LogP contribution in [0.5, 0.6) is 0 Å². The first-order valence-corrected chi connectivity index (χ1v) is 8.05. The van der Waals surface area contributed by atoms with Crippen molar-refractivity contribution in [3.8, 4) is 0 Å². The average molecular weight is 300 g/mol. The Morgan fingerprint density at radius 3 is 3.09 bits per heavy atom. The van der Waals surface area contributed by atoms with Crippen molar-refractivity contribution in [2.24, 2.45) is 0 Å². The molecule has 0 aromatic carbocycles. The molecule has 2 aromatic rings. The first-order chi connectivity index (χ1) is 10.8. The third kappa shape index (κ3) is 2.37. The highest BCUT2D eigenvalue weighted by molar-refractivity contribution is 5.94. The summed E-state index contributed by atoms with van der Waals surface area (Å²) in [5, 5.41) is 6.81. The zero-order valence-electron chi connectivity index (χ0n) is 12.5. The fourth-order valence-electron chi connectivity index (χ4n) is 3.60. The minimum absolute atomic E-state index is 0.0137. The van der Waals surface area contributed by atoms with Crippen molar-refractivity contribution in [1.82, 2.24) is 20.1 Å². The summed E-state index contributed by atoms with van der Waals surface area (Å²) in [6, 6.07) is 3.85. The molecule has 2 atom stereocenters. The number of carbonyl (C=O) groups is 1. The van der Waals surface area contributed by atoms with Gasteiger partial charge in [-0.2, -0.15) is 5.10 Å². The maximum absolute atomic E-state index is 12.8. The molecule has 0 bridgehead atoms. The third-order valence-electron chi connectivity index (χ3n) is 4.72. The van der Waals surface area contributed by atoms with Crippen molar-refractivity contribution < 1.29 is 9.53 Å². The number of aromatic nitrogens is 3. The minimum atomic E-state index is 0.0137. The quantitative estimate of drug-likeness (QED) is 0.922. The van der Waals surface area contributed by atoms with Gasteiger partial charge in [0.15, 0.2) is 0 Å². The highest BCUT2D eigenvalue weighted by Crippen LogP contribution is 2.28. The molecule has 0 aliphatic carbocycles. The number of carbonyl (C=O) groups excluding carboxylic acids is 1. The number of nitrogens with one attached hydrogen (secondary N) is 1. The molecule has 0 radical (unpaired) electrons. The summed E-state index contributed by atoms with van der Waals surface area (Å²) in [6.07, 6.45) is 7.31. The molecular formula is C16H20N4O2. The lowest BCUT2D eigenvalue weighted by molar-refractivity contribution is -0.0268. The number of ether oxygens (including phenoxy) is 1. The lowest BCUT2D eigenvalue weighted by atomic mass is 10.00. The molecule has 2 unspecified atom stereocenters. The molecule has 22 heavy (non-hydrogen) atoms. The van der Waals surface area contributed by atoms with E-state index in [0.29, 0.717) is 5.69 Å². The number of amides is 1. The Balaban J connectivity index is 1.57. The van der Waals surface area contributed by atoms with Gasteiger partial charge in [0.05, 0.1) is 23.9 Å². The van der Waals surface area contributed by atoms with Crippen LogP contribution >= 0.6 is 0 Å². The van der Waals surface area contributed by atoms with Crippen molar-refractivity contribution in [3.05, 3.63) is 24.0 Å². The monoisotopic (exact) mass is 300 g/mol. The van der Waals surface area contributed by atoms with Crippen LogP contribution in [0.3, 0.4) is 0 Å². The van der Waals surface area contributed by atoms with Crippen LogP contribution in [0.15, 0.2) is 18.3 Å². The van der Waals surface area contributed by atoms with Crippen molar-refractivity contribution in [2.45, 2.75) is 44.2 Å². The van der Waals surface area contributed by atoms with Gasteiger partial charge in [0.1, 0.15) is 11.2 Å². The molecule has 2 aromatic heterocycles. The molecular weight excluding hydrogens is 280 g/mol. The molecule has 1 N–H and O–H groups in total. The van der Waals surface area contributed by atoms with Crippen molar-refractivity contribution >= 4 is 16.9 Å². The summed E-state index contributed by atoms with van der Waals surface area (Å²) in [5.74, 6) is 0.0137. The van der Waals surface area contributed by atoms with Crippen LogP contribution in [0, 0.1) is 0 Å². The van der Waals surface area contributed by atoms with Gasteiger partial charge < -0.3 is 9.64 Å². The summed E-state index contributed by atoms with van der Waals surface area (Å²) in [6.45, 7) is 1.62. The molecule has 0 spiro atoms. The summed E-state index contributed by atoms with van der Waals surface area (Å²) in [7, 11) is 0. The van der Waals surface area contributed by atoms with Crippen LogP contribution in [0.2, 0.25) is 0 Å². The van der Waals surface area contributed by atoms with E-state index in [1.54, 1.807) is 12.3 Å². The van der Waals surface area contributed by atoms with Crippen molar-refractivity contribution in [2.75, 3.05) is 13.2 Å². The fraction of sp³-hybridized carbons (Fsp3) is 0.562. The molecule has 4 heterocycles. The number of fused-ring (bicyclic) bond motifs is 1. The lowest BCUT2D eigenvalue weighted by Crippen LogP contribution is -2.45. The van der Waals surface area contributed by atoms with Gasteiger partial charge in [-0.1, -0.05) is 0 Å². The molecule has 0 saturated carbocycles. The van der Waals surface area contributed by atoms with Gasteiger partial charge in [-0.25, -0.2) is 4.98 Å². The van der Waals surface area contributed by atoms with E-state index in [4.69, 9.17) is 4.74 Å². The van der Waals surface area contributed by atoms with Gasteiger partial charge in [-0.15, -0.1) is 0 Å². The van der Waals surface area contributed by atoms with Gasteiger partial charge >= 0.3 is 0 Å². The highest BCUT2D eigenvalue weighted by Gasteiger charge is 2.36. The molecule has 2 saturated heterocycles. The van der Waals surface area contributed by atoms with E-state index in [1.807, 2.05) is 11.0 Å². The van der Waals surface area contributed by atoms with Crippen LogP contribution < -0.4 is 0 Å². The number of likely N-dealkylation sites (tertiary alicyclic amines) is 1. The number of hydrogen-bond donors (Lipinski definition) is 1. The zero-order chi connectivity index (χ0) is 14.9. The molecule has 4 rings (SSSR count). The van der Waals surface area contributed by atoms with Gasteiger partial charge in [0, 0.05) is 13.2 Å². The molecule has 2 fully saturated rings. The summed E-state index contributed by atoms with van der Waals surface area (Å²) in [5.41, 5.74) is 2.08. The van der Waals surface area contributed by atoms with Crippen LogP contribution in [0.4, 0.5) is 0 Å². The Labute approximate surface area is 128 Å². The number of pyridine rings is 1. The maximum atomic E-state index is 12.8. The van der Waals surface area contributed by atoms with E-state index in [-0.39, 0.29) is 18.1 Å². The van der Waals surface area contributed by atoms with E-state index in [9.17, 15) is 4.79 Å². The molecule has 6 nitrogen and oxygen atoms in total. The fourth-order valence-corrected chi connectivity index (χ4v) is 3.60. The highest BCUT2D eigenvalue weighted by atomic mass is 16.5. The third-order valence-corrected chi connectivity index (χ3v) is 4.72. The number of rotatable bonds is 2. The van der Waals surface area contributed by atoms with Crippen LogP contribution in [-0.2, 0) is 4.74 Å². The van der Waals surface area contributed by atoms with Crippen LogP contribution in [-0.4, -0.2) is 51.3 Å². The molecule has 2 aliphatic heterocycles. The smallest absolute Gasteiger partial charge is 0.272 e. The minimum Gasteiger partial charge on any atom is -0.376 e. The summed E-state index contributed by atoms with van der Waals surface area (Å²) in [4.78, 5) is 19.2. The molecule has 116 valence electrons. The van der Waals surface area contributed by atoms with E-state index in [0.717, 1.165) is 49.9 Å². The lowest BCUT2D eigenvalue weighted by Gasteiger charge is -2.33. The average Bonchev–Trinajstić information content (AvgIpc) is 3.23. The van der Waals surface area contributed by atoms with E-state index >= 15 is 0 Å². The maximum Gasteiger partial charge on any atom is 0.272 e. The molecule has 2 aliphatic rings. The van der Waals surface area contributed by atoms with Gasteiger partial charge in [0.2, 0.25) is 0 Å².